The van der Waals surface area contributed by atoms with Crippen LogP contribution in [0.25, 0.3) is 0 Å². The van der Waals surface area contributed by atoms with Crippen LogP contribution in [0.2, 0.25) is 0 Å². The van der Waals surface area contributed by atoms with Crippen LogP contribution in [0.5, 0.6) is 5.75 Å². The standard InChI is InChI=1S/C22H21FN2O3/c1-27-20-7-3-2-5-18(20)22(26)25-12-4-6-19(25)21-24-14-17(28-21)13-15-8-10-16(23)11-9-15/h2-3,5,7-11,14,19H,4,6,12-13H2,1H3. The molecule has 1 amide bonds. The summed E-state index contributed by atoms with van der Waals surface area (Å²) in [6.45, 7) is 0.650. The fourth-order valence-electron chi connectivity index (χ4n) is 3.60. The van der Waals surface area contributed by atoms with E-state index >= 15 is 0 Å². The maximum atomic E-state index is 13.1. The predicted octanol–water partition coefficient (Wildman–Crippen LogP) is 4.39. The van der Waals surface area contributed by atoms with Gasteiger partial charge in [-0.1, -0.05) is 24.3 Å². The van der Waals surface area contributed by atoms with E-state index in [1.54, 1.807) is 42.5 Å². The number of methoxy groups -OCH3 is 1. The fraction of sp³-hybridized carbons (Fsp3) is 0.273. The smallest absolute Gasteiger partial charge is 0.258 e. The molecule has 1 unspecified atom stereocenters. The number of hydrogen-bond acceptors (Lipinski definition) is 4. The lowest BCUT2D eigenvalue weighted by molar-refractivity contribution is 0.0711. The normalized spacial score (nSPS) is 16.4. The Kier molecular flexibility index (Phi) is 5.10. The van der Waals surface area contributed by atoms with Crippen molar-refractivity contribution < 1.29 is 18.3 Å². The Balaban J connectivity index is 1.53. The molecule has 2 aromatic carbocycles. The van der Waals surface area contributed by atoms with Crippen LogP contribution < -0.4 is 4.74 Å². The number of rotatable bonds is 5. The van der Waals surface area contributed by atoms with Crippen LogP contribution in [-0.2, 0) is 6.42 Å². The highest BCUT2D eigenvalue weighted by Gasteiger charge is 2.34. The third-order valence-electron chi connectivity index (χ3n) is 5.00. The molecular weight excluding hydrogens is 359 g/mol. The largest absolute Gasteiger partial charge is 0.496 e. The minimum Gasteiger partial charge on any atom is -0.496 e. The molecule has 4 rings (SSSR count). The van der Waals surface area contributed by atoms with E-state index in [0.29, 0.717) is 35.9 Å². The van der Waals surface area contributed by atoms with Crippen LogP contribution in [0.4, 0.5) is 4.39 Å². The van der Waals surface area contributed by atoms with Gasteiger partial charge >= 0.3 is 0 Å². The van der Waals surface area contributed by atoms with Gasteiger partial charge in [-0.15, -0.1) is 0 Å². The van der Waals surface area contributed by atoms with Crippen LogP contribution in [-0.4, -0.2) is 29.4 Å². The number of hydrogen-bond donors (Lipinski definition) is 0. The molecule has 0 spiro atoms. The summed E-state index contributed by atoms with van der Waals surface area (Å²) in [5.74, 6) is 1.44. The number of ether oxygens (including phenoxy) is 1. The summed E-state index contributed by atoms with van der Waals surface area (Å²) in [4.78, 5) is 19.3. The summed E-state index contributed by atoms with van der Waals surface area (Å²) in [5.41, 5.74) is 1.48. The zero-order chi connectivity index (χ0) is 19.5. The van der Waals surface area contributed by atoms with E-state index < -0.39 is 0 Å². The molecule has 1 aromatic heterocycles. The first-order valence-electron chi connectivity index (χ1n) is 9.28. The second-order valence-electron chi connectivity index (χ2n) is 6.82. The number of nitrogens with zero attached hydrogens (tertiary/aromatic N) is 2. The van der Waals surface area contributed by atoms with Gasteiger partial charge in [-0.3, -0.25) is 4.79 Å². The van der Waals surface area contributed by atoms with E-state index in [0.717, 1.165) is 18.4 Å². The SMILES string of the molecule is COc1ccccc1C(=O)N1CCCC1c1ncc(Cc2ccc(F)cc2)o1. The monoisotopic (exact) mass is 380 g/mol. The van der Waals surface area contributed by atoms with Crippen LogP contribution in [0.15, 0.2) is 59.1 Å². The lowest BCUT2D eigenvalue weighted by Crippen LogP contribution is -2.31. The van der Waals surface area contributed by atoms with Crippen molar-refractivity contribution in [3.63, 3.8) is 0 Å². The van der Waals surface area contributed by atoms with E-state index in [-0.39, 0.29) is 17.8 Å². The summed E-state index contributed by atoms with van der Waals surface area (Å²) in [6.07, 6.45) is 3.90. The van der Waals surface area contributed by atoms with Crippen molar-refractivity contribution in [1.82, 2.24) is 9.88 Å². The molecule has 28 heavy (non-hydrogen) atoms. The van der Waals surface area contributed by atoms with Gasteiger partial charge in [-0.25, -0.2) is 9.37 Å². The average Bonchev–Trinajstić information content (AvgIpc) is 3.38. The number of carbonyl (C=O) groups excluding carboxylic acids is 1. The quantitative estimate of drug-likeness (QED) is 0.659. The Morgan fingerprint density at radius 2 is 2.04 bits per heavy atom. The Morgan fingerprint density at radius 3 is 2.82 bits per heavy atom. The molecule has 1 fully saturated rings. The number of amides is 1. The second-order valence-corrected chi connectivity index (χ2v) is 6.82. The molecule has 5 nitrogen and oxygen atoms in total. The van der Waals surface area contributed by atoms with Crippen LogP contribution >= 0.6 is 0 Å². The summed E-state index contributed by atoms with van der Waals surface area (Å²) in [6, 6.07) is 13.3. The topological polar surface area (TPSA) is 55.6 Å². The van der Waals surface area contributed by atoms with E-state index in [2.05, 4.69) is 4.98 Å². The minimum absolute atomic E-state index is 0.0850. The zero-order valence-electron chi connectivity index (χ0n) is 15.6. The molecule has 0 aliphatic carbocycles. The Bertz CT molecular complexity index is 968. The Hall–Kier alpha value is -3.15. The van der Waals surface area contributed by atoms with Crippen molar-refractivity contribution in [2.24, 2.45) is 0 Å². The van der Waals surface area contributed by atoms with Gasteiger partial charge in [0, 0.05) is 13.0 Å². The summed E-state index contributed by atoms with van der Waals surface area (Å²) >= 11 is 0. The Labute approximate surface area is 162 Å². The van der Waals surface area contributed by atoms with E-state index in [4.69, 9.17) is 9.15 Å². The van der Waals surface area contributed by atoms with Gasteiger partial charge in [0.15, 0.2) is 0 Å². The molecule has 1 saturated heterocycles. The van der Waals surface area contributed by atoms with Crippen molar-refractivity contribution in [3.8, 4) is 5.75 Å². The van der Waals surface area contributed by atoms with Gasteiger partial charge in [0.1, 0.15) is 23.4 Å². The van der Waals surface area contributed by atoms with Crippen molar-refractivity contribution >= 4 is 5.91 Å². The molecule has 0 bridgehead atoms. The molecular formula is C22H21FN2O3. The summed E-state index contributed by atoms with van der Waals surface area (Å²) in [5, 5.41) is 0. The molecule has 144 valence electrons. The number of halogens is 1. The molecule has 0 N–H and O–H groups in total. The van der Waals surface area contributed by atoms with Gasteiger partial charge < -0.3 is 14.1 Å². The van der Waals surface area contributed by atoms with Gasteiger partial charge in [0.25, 0.3) is 5.91 Å². The summed E-state index contributed by atoms with van der Waals surface area (Å²) < 4.78 is 24.3. The van der Waals surface area contributed by atoms with E-state index in [9.17, 15) is 9.18 Å². The maximum absolute atomic E-state index is 13.1. The van der Waals surface area contributed by atoms with Gasteiger partial charge in [0.05, 0.1) is 18.9 Å². The third-order valence-corrected chi connectivity index (χ3v) is 5.00. The maximum Gasteiger partial charge on any atom is 0.258 e. The highest BCUT2D eigenvalue weighted by molar-refractivity contribution is 5.97. The molecule has 1 atom stereocenters. The molecule has 2 heterocycles. The number of para-hydroxylation sites is 1. The highest BCUT2D eigenvalue weighted by atomic mass is 19.1. The van der Waals surface area contributed by atoms with Crippen LogP contribution in [0.3, 0.4) is 0 Å². The highest BCUT2D eigenvalue weighted by Crippen LogP contribution is 2.34. The zero-order valence-corrected chi connectivity index (χ0v) is 15.6. The number of carbonyl (C=O) groups is 1. The first-order chi connectivity index (χ1) is 13.7. The number of oxazole rings is 1. The number of benzene rings is 2. The van der Waals surface area contributed by atoms with Gasteiger partial charge in [-0.2, -0.15) is 0 Å². The summed E-state index contributed by atoms with van der Waals surface area (Å²) in [7, 11) is 1.56. The molecule has 1 aliphatic rings. The van der Waals surface area contributed by atoms with Crippen LogP contribution in [0, 0.1) is 5.82 Å². The second kappa shape index (κ2) is 7.84. The number of aromatic nitrogens is 1. The lowest BCUT2D eigenvalue weighted by atomic mass is 10.1. The number of likely N-dealkylation sites (tertiary alicyclic amines) is 1. The third kappa shape index (κ3) is 3.63. The lowest BCUT2D eigenvalue weighted by Gasteiger charge is -2.23. The van der Waals surface area contributed by atoms with Gasteiger partial charge in [0.2, 0.25) is 5.89 Å². The fourth-order valence-corrected chi connectivity index (χ4v) is 3.60. The van der Waals surface area contributed by atoms with Crippen molar-refractivity contribution in [3.05, 3.63) is 83.3 Å². The van der Waals surface area contributed by atoms with Crippen molar-refractivity contribution in [1.29, 1.82) is 0 Å². The first-order valence-corrected chi connectivity index (χ1v) is 9.28. The molecule has 0 radical (unpaired) electrons. The van der Waals surface area contributed by atoms with Crippen LogP contribution in [0.1, 0.15) is 46.5 Å². The molecule has 3 aromatic rings. The molecule has 6 heteroatoms. The van der Waals surface area contributed by atoms with E-state index in [1.165, 1.54) is 12.1 Å². The van der Waals surface area contributed by atoms with E-state index in [1.807, 2.05) is 12.1 Å². The minimum atomic E-state index is -0.265. The van der Waals surface area contributed by atoms with Gasteiger partial charge in [-0.05, 0) is 42.7 Å². The van der Waals surface area contributed by atoms with Crippen molar-refractivity contribution in [2.45, 2.75) is 25.3 Å². The van der Waals surface area contributed by atoms with Crippen molar-refractivity contribution in [2.75, 3.05) is 13.7 Å². The molecule has 1 aliphatic heterocycles. The Morgan fingerprint density at radius 1 is 1.25 bits per heavy atom. The first kappa shape index (κ1) is 18.2. The molecule has 0 saturated carbocycles. The average molecular weight is 380 g/mol. The predicted molar refractivity (Wildman–Crippen MR) is 102 cm³/mol.